The van der Waals surface area contributed by atoms with Gasteiger partial charge in [0.15, 0.2) is 0 Å². The van der Waals surface area contributed by atoms with Crippen molar-refractivity contribution in [3.63, 3.8) is 0 Å². The molecular formula is C19H17BrN2OS2. The molecule has 25 heavy (non-hydrogen) atoms. The molecule has 0 unspecified atom stereocenters. The van der Waals surface area contributed by atoms with Crippen molar-refractivity contribution in [2.45, 2.75) is 13.8 Å². The Kier molecular flexibility index (Phi) is 5.32. The average molecular weight is 433 g/mol. The van der Waals surface area contributed by atoms with E-state index < -0.39 is 0 Å². The molecule has 0 spiro atoms. The summed E-state index contributed by atoms with van der Waals surface area (Å²) in [6.07, 6.45) is 3.62. The number of carbonyl (C=O) groups excluding carboxylic acids is 1. The molecule has 3 rings (SSSR count). The van der Waals surface area contributed by atoms with Crippen LogP contribution < -0.4 is 0 Å². The Morgan fingerprint density at radius 1 is 1.32 bits per heavy atom. The van der Waals surface area contributed by atoms with Crippen molar-refractivity contribution in [1.29, 1.82) is 0 Å². The van der Waals surface area contributed by atoms with Crippen LogP contribution in [0.25, 0.3) is 11.8 Å². The van der Waals surface area contributed by atoms with Crippen LogP contribution in [0, 0.1) is 13.8 Å². The first kappa shape index (κ1) is 18.2. The fourth-order valence-corrected chi connectivity index (χ4v) is 4.59. The highest BCUT2D eigenvalue weighted by Crippen LogP contribution is 2.34. The lowest BCUT2D eigenvalue weighted by atomic mass is 10.2. The number of aryl methyl sites for hydroxylation is 1. The van der Waals surface area contributed by atoms with E-state index in [1.165, 1.54) is 11.8 Å². The monoisotopic (exact) mass is 432 g/mol. The van der Waals surface area contributed by atoms with Crippen LogP contribution in [-0.4, -0.2) is 26.2 Å². The minimum Gasteiger partial charge on any atom is -0.317 e. The van der Waals surface area contributed by atoms with E-state index in [-0.39, 0.29) is 5.91 Å². The summed E-state index contributed by atoms with van der Waals surface area (Å²) in [6, 6.07) is 10.2. The fraction of sp³-hybridized carbons (Fsp3) is 0.158. The number of aromatic nitrogens is 1. The summed E-state index contributed by atoms with van der Waals surface area (Å²) < 4.78 is 3.79. The van der Waals surface area contributed by atoms with Crippen molar-refractivity contribution in [3.8, 4) is 5.69 Å². The van der Waals surface area contributed by atoms with Crippen molar-refractivity contribution in [3.05, 3.63) is 69.3 Å². The number of benzene rings is 1. The maximum atomic E-state index is 12.5. The van der Waals surface area contributed by atoms with Crippen LogP contribution in [0.1, 0.15) is 17.0 Å². The van der Waals surface area contributed by atoms with E-state index in [1.54, 1.807) is 11.0 Å². The van der Waals surface area contributed by atoms with Crippen molar-refractivity contribution in [2.24, 2.45) is 0 Å². The molecule has 1 aromatic heterocycles. The van der Waals surface area contributed by atoms with Gasteiger partial charge in [0.05, 0.1) is 10.6 Å². The molecule has 0 radical (unpaired) electrons. The smallest absolute Gasteiger partial charge is 0.266 e. The number of halogens is 1. The summed E-state index contributed by atoms with van der Waals surface area (Å²) >= 11 is 10.3. The summed E-state index contributed by atoms with van der Waals surface area (Å²) in [4.78, 5) is 14.8. The zero-order valence-electron chi connectivity index (χ0n) is 14.0. The molecule has 128 valence electrons. The Bertz CT molecular complexity index is 914. The second kappa shape index (κ2) is 7.32. The maximum Gasteiger partial charge on any atom is 0.266 e. The number of amides is 1. The van der Waals surface area contributed by atoms with Crippen LogP contribution in [0.3, 0.4) is 0 Å². The molecule has 0 N–H and O–H groups in total. The third-order valence-corrected chi connectivity index (χ3v) is 6.08. The second-order valence-electron chi connectivity index (χ2n) is 5.69. The van der Waals surface area contributed by atoms with Crippen LogP contribution in [-0.2, 0) is 4.79 Å². The van der Waals surface area contributed by atoms with E-state index in [4.69, 9.17) is 12.2 Å². The van der Waals surface area contributed by atoms with E-state index in [0.29, 0.717) is 15.8 Å². The number of hydrogen-bond donors (Lipinski definition) is 0. The van der Waals surface area contributed by atoms with Gasteiger partial charge in [-0.2, -0.15) is 0 Å². The molecule has 2 heterocycles. The third kappa shape index (κ3) is 3.38. The molecule has 1 fully saturated rings. The van der Waals surface area contributed by atoms with Gasteiger partial charge in [0, 0.05) is 22.4 Å². The summed E-state index contributed by atoms with van der Waals surface area (Å²) in [6.45, 7) is 8.25. The molecular weight excluding hydrogens is 416 g/mol. The van der Waals surface area contributed by atoms with E-state index in [1.807, 2.05) is 24.3 Å². The molecule has 3 nitrogen and oxygen atoms in total. The van der Waals surface area contributed by atoms with Gasteiger partial charge in [-0.05, 0) is 59.6 Å². The highest BCUT2D eigenvalue weighted by atomic mass is 79.9. The Hall–Kier alpha value is -1.63. The van der Waals surface area contributed by atoms with Crippen molar-refractivity contribution < 1.29 is 4.79 Å². The SMILES string of the molecule is C=CCN1C(=O)/C(=C/c2cc(C)n(-c3ccccc3Br)c2C)SC1=S. The highest BCUT2D eigenvalue weighted by molar-refractivity contribution is 9.10. The molecule has 1 saturated heterocycles. The quantitative estimate of drug-likeness (QED) is 0.375. The van der Waals surface area contributed by atoms with E-state index in [2.05, 4.69) is 53.1 Å². The summed E-state index contributed by atoms with van der Waals surface area (Å²) in [7, 11) is 0. The van der Waals surface area contributed by atoms with Crippen LogP contribution in [0.5, 0.6) is 0 Å². The van der Waals surface area contributed by atoms with Gasteiger partial charge in [0.1, 0.15) is 4.32 Å². The first-order chi connectivity index (χ1) is 11.9. The molecule has 6 heteroatoms. The van der Waals surface area contributed by atoms with Crippen LogP contribution in [0.2, 0.25) is 0 Å². The predicted octanol–water partition coefficient (Wildman–Crippen LogP) is 5.24. The van der Waals surface area contributed by atoms with E-state index in [0.717, 1.165) is 27.1 Å². The summed E-state index contributed by atoms with van der Waals surface area (Å²) in [5.74, 6) is -0.0550. The normalized spacial score (nSPS) is 16.1. The lowest BCUT2D eigenvalue weighted by Gasteiger charge is -2.11. The van der Waals surface area contributed by atoms with Gasteiger partial charge in [-0.25, -0.2) is 0 Å². The predicted molar refractivity (Wildman–Crippen MR) is 113 cm³/mol. The maximum absolute atomic E-state index is 12.5. The molecule has 2 aromatic rings. The lowest BCUT2D eigenvalue weighted by molar-refractivity contribution is -0.121. The number of hydrogen-bond acceptors (Lipinski definition) is 3. The van der Waals surface area contributed by atoms with Gasteiger partial charge in [-0.3, -0.25) is 9.69 Å². The van der Waals surface area contributed by atoms with Gasteiger partial charge in [-0.15, -0.1) is 6.58 Å². The zero-order valence-corrected chi connectivity index (χ0v) is 17.2. The molecule has 0 bridgehead atoms. The molecule has 0 atom stereocenters. The number of nitrogens with zero attached hydrogens (tertiary/aromatic N) is 2. The van der Waals surface area contributed by atoms with Gasteiger partial charge >= 0.3 is 0 Å². The second-order valence-corrected chi connectivity index (χ2v) is 8.22. The standard InChI is InChI=1S/C19H17BrN2OS2/c1-4-9-21-18(23)17(25-19(21)24)11-14-10-12(2)22(13(14)3)16-8-6-5-7-15(16)20/h4-8,10-11H,1,9H2,2-3H3/b17-11-. The molecule has 1 aliphatic rings. The summed E-state index contributed by atoms with van der Waals surface area (Å²) in [5, 5.41) is 0. The zero-order chi connectivity index (χ0) is 18.1. The van der Waals surface area contributed by atoms with E-state index >= 15 is 0 Å². The van der Waals surface area contributed by atoms with Gasteiger partial charge in [0.25, 0.3) is 5.91 Å². The Labute approximate surface area is 165 Å². The Balaban J connectivity index is 2.02. The number of thiocarbonyl (C=S) groups is 1. The van der Waals surface area contributed by atoms with Gasteiger partial charge < -0.3 is 4.57 Å². The Morgan fingerprint density at radius 2 is 2.04 bits per heavy atom. The number of carbonyl (C=O) groups is 1. The van der Waals surface area contributed by atoms with Crippen LogP contribution in [0.4, 0.5) is 0 Å². The largest absolute Gasteiger partial charge is 0.317 e. The lowest BCUT2D eigenvalue weighted by Crippen LogP contribution is -2.27. The van der Waals surface area contributed by atoms with Crippen LogP contribution in [0.15, 0.2) is 52.4 Å². The van der Waals surface area contributed by atoms with Gasteiger partial charge in [-0.1, -0.05) is 42.2 Å². The Morgan fingerprint density at radius 3 is 2.72 bits per heavy atom. The molecule has 1 amide bonds. The molecule has 1 aromatic carbocycles. The van der Waals surface area contributed by atoms with Crippen molar-refractivity contribution >= 4 is 56.2 Å². The van der Waals surface area contributed by atoms with E-state index in [9.17, 15) is 4.79 Å². The number of thioether (sulfide) groups is 1. The van der Waals surface area contributed by atoms with Crippen molar-refractivity contribution in [1.82, 2.24) is 9.47 Å². The minimum absolute atomic E-state index is 0.0550. The third-order valence-electron chi connectivity index (χ3n) is 4.04. The number of rotatable bonds is 4. The summed E-state index contributed by atoms with van der Waals surface area (Å²) in [5.41, 5.74) is 4.29. The van der Waals surface area contributed by atoms with Crippen molar-refractivity contribution in [2.75, 3.05) is 6.54 Å². The molecule has 0 aliphatic carbocycles. The highest BCUT2D eigenvalue weighted by Gasteiger charge is 2.31. The topological polar surface area (TPSA) is 25.2 Å². The molecule has 0 saturated carbocycles. The van der Waals surface area contributed by atoms with Crippen LogP contribution >= 0.6 is 39.9 Å². The first-order valence-electron chi connectivity index (χ1n) is 7.74. The molecule has 1 aliphatic heterocycles. The van der Waals surface area contributed by atoms with Gasteiger partial charge in [0.2, 0.25) is 0 Å². The minimum atomic E-state index is -0.0550. The average Bonchev–Trinajstić information content (AvgIpc) is 2.99. The fourth-order valence-electron chi connectivity index (χ4n) is 2.87. The number of para-hydroxylation sites is 1. The first-order valence-corrected chi connectivity index (χ1v) is 9.76.